The second kappa shape index (κ2) is 6.83. The number of halogens is 2. The summed E-state index contributed by atoms with van der Waals surface area (Å²) in [5, 5.41) is 3.04. The first-order chi connectivity index (χ1) is 10.2. The fraction of sp³-hybridized carbons (Fsp3) is 0.286. The lowest BCUT2D eigenvalue weighted by atomic mass is 10.3. The standard InChI is InChI=1S/C14H15F2N3O2/c1-3-6-17-13-12(20-2)14(19-8-18-13)21-11-7-9(15)4-5-10(11)16/h4-5,7-8H,3,6H2,1-2H3,(H,17,18,19). The number of rotatable bonds is 6. The minimum Gasteiger partial charge on any atom is -0.489 e. The van der Waals surface area contributed by atoms with E-state index in [-0.39, 0.29) is 17.4 Å². The summed E-state index contributed by atoms with van der Waals surface area (Å²) in [6.45, 7) is 2.68. The van der Waals surface area contributed by atoms with Crippen LogP contribution < -0.4 is 14.8 Å². The van der Waals surface area contributed by atoms with Gasteiger partial charge in [-0.25, -0.2) is 13.8 Å². The van der Waals surface area contributed by atoms with Crippen molar-refractivity contribution in [1.29, 1.82) is 0 Å². The van der Waals surface area contributed by atoms with Crippen molar-refractivity contribution in [3.63, 3.8) is 0 Å². The van der Waals surface area contributed by atoms with E-state index in [0.29, 0.717) is 12.4 Å². The molecule has 112 valence electrons. The number of methoxy groups -OCH3 is 1. The maximum Gasteiger partial charge on any atom is 0.268 e. The van der Waals surface area contributed by atoms with Gasteiger partial charge in [-0.05, 0) is 18.6 Å². The van der Waals surface area contributed by atoms with Crippen LogP contribution >= 0.6 is 0 Å². The molecule has 0 fully saturated rings. The normalized spacial score (nSPS) is 10.3. The summed E-state index contributed by atoms with van der Waals surface area (Å²) >= 11 is 0. The zero-order valence-corrected chi connectivity index (χ0v) is 11.7. The number of nitrogens with one attached hydrogen (secondary N) is 1. The van der Waals surface area contributed by atoms with E-state index in [4.69, 9.17) is 9.47 Å². The highest BCUT2D eigenvalue weighted by Gasteiger charge is 2.16. The summed E-state index contributed by atoms with van der Waals surface area (Å²) in [5.41, 5.74) is 0. The predicted molar refractivity (Wildman–Crippen MR) is 73.8 cm³/mol. The number of hydrogen-bond donors (Lipinski definition) is 1. The third kappa shape index (κ3) is 3.56. The maximum atomic E-state index is 13.6. The Morgan fingerprint density at radius 1 is 1.24 bits per heavy atom. The topological polar surface area (TPSA) is 56.3 Å². The Morgan fingerprint density at radius 2 is 2.05 bits per heavy atom. The van der Waals surface area contributed by atoms with Gasteiger partial charge in [0.15, 0.2) is 17.4 Å². The molecule has 1 aromatic carbocycles. The number of ether oxygens (including phenoxy) is 2. The Bertz CT molecular complexity index is 623. The van der Waals surface area contributed by atoms with E-state index >= 15 is 0 Å². The molecule has 0 saturated heterocycles. The molecule has 0 bridgehead atoms. The first-order valence-electron chi connectivity index (χ1n) is 6.41. The number of benzene rings is 1. The van der Waals surface area contributed by atoms with Crippen LogP contribution in [0.15, 0.2) is 24.5 Å². The highest BCUT2D eigenvalue weighted by atomic mass is 19.1. The van der Waals surface area contributed by atoms with Crippen LogP contribution in [0.2, 0.25) is 0 Å². The zero-order valence-electron chi connectivity index (χ0n) is 11.7. The van der Waals surface area contributed by atoms with Crippen molar-refractivity contribution in [3.8, 4) is 17.4 Å². The highest BCUT2D eigenvalue weighted by molar-refractivity contribution is 5.55. The lowest BCUT2D eigenvalue weighted by Crippen LogP contribution is -2.06. The van der Waals surface area contributed by atoms with Gasteiger partial charge in [-0.1, -0.05) is 6.92 Å². The fourth-order valence-corrected chi connectivity index (χ4v) is 1.64. The smallest absolute Gasteiger partial charge is 0.268 e. The van der Waals surface area contributed by atoms with E-state index in [9.17, 15) is 8.78 Å². The predicted octanol–water partition coefficient (Wildman–Crippen LogP) is 3.38. The van der Waals surface area contributed by atoms with Crippen LogP contribution in [-0.4, -0.2) is 23.6 Å². The van der Waals surface area contributed by atoms with Gasteiger partial charge in [0.1, 0.15) is 12.1 Å². The van der Waals surface area contributed by atoms with Crippen LogP contribution in [-0.2, 0) is 0 Å². The summed E-state index contributed by atoms with van der Waals surface area (Å²) in [5.74, 6) is -0.899. The third-order valence-corrected chi connectivity index (χ3v) is 2.62. The van der Waals surface area contributed by atoms with Crippen LogP contribution in [0.3, 0.4) is 0 Å². The summed E-state index contributed by atoms with van der Waals surface area (Å²) in [4.78, 5) is 7.93. The largest absolute Gasteiger partial charge is 0.489 e. The van der Waals surface area contributed by atoms with E-state index in [0.717, 1.165) is 24.6 Å². The van der Waals surface area contributed by atoms with E-state index in [2.05, 4.69) is 15.3 Å². The molecule has 7 heteroatoms. The third-order valence-electron chi connectivity index (χ3n) is 2.62. The molecule has 5 nitrogen and oxygen atoms in total. The molecule has 0 saturated carbocycles. The van der Waals surface area contributed by atoms with Gasteiger partial charge in [0, 0.05) is 12.6 Å². The van der Waals surface area contributed by atoms with E-state index in [1.807, 2.05) is 6.92 Å². The number of nitrogens with zero attached hydrogens (tertiary/aromatic N) is 2. The van der Waals surface area contributed by atoms with Crippen LogP contribution in [0.25, 0.3) is 0 Å². The Morgan fingerprint density at radius 3 is 2.76 bits per heavy atom. The Kier molecular flexibility index (Phi) is 4.86. The highest BCUT2D eigenvalue weighted by Crippen LogP contribution is 2.35. The van der Waals surface area contributed by atoms with Crippen molar-refractivity contribution in [2.45, 2.75) is 13.3 Å². The average Bonchev–Trinajstić information content (AvgIpc) is 2.49. The van der Waals surface area contributed by atoms with Crippen LogP contribution in [0.5, 0.6) is 17.4 Å². The summed E-state index contributed by atoms with van der Waals surface area (Å²) < 4.78 is 37.2. The molecule has 0 atom stereocenters. The zero-order chi connectivity index (χ0) is 15.2. The van der Waals surface area contributed by atoms with Gasteiger partial charge in [-0.15, -0.1) is 0 Å². The molecular formula is C14H15F2N3O2. The van der Waals surface area contributed by atoms with Gasteiger partial charge in [0.2, 0.25) is 5.75 Å². The van der Waals surface area contributed by atoms with E-state index in [1.165, 1.54) is 13.4 Å². The molecule has 0 radical (unpaired) electrons. The molecule has 0 spiro atoms. The lowest BCUT2D eigenvalue weighted by Gasteiger charge is -2.13. The van der Waals surface area contributed by atoms with Crippen molar-refractivity contribution in [2.75, 3.05) is 19.0 Å². The number of anilines is 1. The van der Waals surface area contributed by atoms with Crippen molar-refractivity contribution in [1.82, 2.24) is 9.97 Å². The van der Waals surface area contributed by atoms with Crippen molar-refractivity contribution in [2.24, 2.45) is 0 Å². The molecule has 0 amide bonds. The van der Waals surface area contributed by atoms with Crippen molar-refractivity contribution in [3.05, 3.63) is 36.2 Å². The van der Waals surface area contributed by atoms with Crippen LogP contribution in [0.4, 0.5) is 14.6 Å². The van der Waals surface area contributed by atoms with E-state index < -0.39 is 11.6 Å². The van der Waals surface area contributed by atoms with Crippen LogP contribution in [0.1, 0.15) is 13.3 Å². The number of hydrogen-bond acceptors (Lipinski definition) is 5. The molecule has 1 N–H and O–H groups in total. The number of aromatic nitrogens is 2. The SMILES string of the molecule is CCCNc1ncnc(Oc2cc(F)ccc2F)c1OC. The molecule has 0 aliphatic carbocycles. The van der Waals surface area contributed by atoms with E-state index in [1.54, 1.807) is 0 Å². The summed E-state index contributed by atoms with van der Waals surface area (Å²) in [6, 6.07) is 2.93. The van der Waals surface area contributed by atoms with Gasteiger partial charge in [-0.3, -0.25) is 0 Å². The molecule has 0 aliphatic heterocycles. The van der Waals surface area contributed by atoms with Crippen molar-refractivity contribution < 1.29 is 18.3 Å². The van der Waals surface area contributed by atoms with Gasteiger partial charge in [0.25, 0.3) is 5.88 Å². The minimum absolute atomic E-state index is 0.00982. The first kappa shape index (κ1) is 15.0. The van der Waals surface area contributed by atoms with Gasteiger partial charge < -0.3 is 14.8 Å². The Hall–Kier alpha value is -2.44. The maximum absolute atomic E-state index is 13.6. The second-order valence-electron chi connectivity index (χ2n) is 4.16. The van der Waals surface area contributed by atoms with Crippen molar-refractivity contribution >= 4 is 5.82 Å². The van der Waals surface area contributed by atoms with Gasteiger partial charge in [-0.2, -0.15) is 4.98 Å². The molecule has 21 heavy (non-hydrogen) atoms. The lowest BCUT2D eigenvalue weighted by molar-refractivity contribution is 0.359. The minimum atomic E-state index is -0.694. The molecule has 0 unspecified atom stereocenters. The fourth-order valence-electron chi connectivity index (χ4n) is 1.64. The van der Waals surface area contributed by atoms with Gasteiger partial charge >= 0.3 is 0 Å². The summed E-state index contributed by atoms with van der Waals surface area (Å²) in [6.07, 6.45) is 2.15. The monoisotopic (exact) mass is 295 g/mol. The second-order valence-corrected chi connectivity index (χ2v) is 4.16. The molecule has 1 aromatic heterocycles. The molecule has 1 heterocycles. The molecule has 2 aromatic rings. The van der Waals surface area contributed by atoms with Gasteiger partial charge in [0.05, 0.1) is 7.11 Å². The Balaban J connectivity index is 2.33. The molecule has 2 rings (SSSR count). The molecular weight excluding hydrogens is 280 g/mol. The summed E-state index contributed by atoms with van der Waals surface area (Å²) in [7, 11) is 1.42. The Labute approximate surface area is 120 Å². The first-order valence-corrected chi connectivity index (χ1v) is 6.41. The van der Waals surface area contributed by atoms with Crippen LogP contribution in [0, 0.1) is 11.6 Å². The molecule has 0 aliphatic rings. The quantitative estimate of drug-likeness (QED) is 0.885. The average molecular weight is 295 g/mol.